The summed E-state index contributed by atoms with van der Waals surface area (Å²) in [7, 11) is 0. The zero-order valence-electron chi connectivity index (χ0n) is 17.0. The Morgan fingerprint density at radius 1 is 1.30 bits per heavy atom. The van der Waals surface area contributed by atoms with E-state index in [-0.39, 0.29) is 12.0 Å². The summed E-state index contributed by atoms with van der Waals surface area (Å²) in [6.45, 7) is 5.47. The summed E-state index contributed by atoms with van der Waals surface area (Å²) in [5, 5.41) is 0.929. The Bertz CT molecular complexity index is 1250. The smallest absolute Gasteiger partial charge is 0.254 e. The standard InChI is InChI=1S/C23H23N5O2/c1-3-27(11-16-12-28-9-5-4-6-20(28)25-16)23(29)15-7-8-19-17(10-15)18-13-30-14(2)21(18)22(24)26-19/h4-10,12,14H,3,11,13H2,1-2H3,(H2,24,26). The van der Waals surface area contributed by atoms with Gasteiger partial charge in [0.25, 0.3) is 5.91 Å². The molecule has 1 unspecified atom stereocenters. The Morgan fingerprint density at radius 3 is 2.97 bits per heavy atom. The van der Waals surface area contributed by atoms with Crippen LogP contribution in [0.4, 0.5) is 5.82 Å². The van der Waals surface area contributed by atoms with Crippen molar-refractivity contribution in [3.8, 4) is 0 Å². The van der Waals surface area contributed by atoms with E-state index < -0.39 is 0 Å². The fourth-order valence-corrected chi connectivity index (χ4v) is 4.17. The van der Waals surface area contributed by atoms with Crippen LogP contribution < -0.4 is 5.73 Å². The molecule has 0 fully saturated rings. The zero-order chi connectivity index (χ0) is 20.8. The topological polar surface area (TPSA) is 85.8 Å². The van der Waals surface area contributed by atoms with E-state index in [2.05, 4.69) is 9.97 Å². The van der Waals surface area contributed by atoms with E-state index >= 15 is 0 Å². The molecular weight excluding hydrogens is 378 g/mol. The first-order valence-corrected chi connectivity index (χ1v) is 10.1. The molecule has 5 rings (SSSR count). The van der Waals surface area contributed by atoms with Crippen molar-refractivity contribution in [2.45, 2.75) is 33.1 Å². The maximum atomic E-state index is 13.3. The minimum absolute atomic E-state index is 0.0333. The Hall–Kier alpha value is -3.45. The molecule has 1 atom stereocenters. The third-order valence-corrected chi connectivity index (χ3v) is 5.73. The van der Waals surface area contributed by atoms with Crippen molar-refractivity contribution in [2.75, 3.05) is 12.3 Å². The molecule has 4 aromatic rings. The maximum Gasteiger partial charge on any atom is 0.254 e. The summed E-state index contributed by atoms with van der Waals surface area (Å²) < 4.78 is 7.73. The van der Waals surface area contributed by atoms with Gasteiger partial charge in [0.15, 0.2) is 0 Å². The van der Waals surface area contributed by atoms with Crippen LogP contribution in [-0.4, -0.2) is 31.7 Å². The summed E-state index contributed by atoms with van der Waals surface area (Å²) in [5.74, 6) is 0.470. The van der Waals surface area contributed by atoms with Crippen molar-refractivity contribution in [1.29, 1.82) is 0 Å². The number of hydrogen-bond acceptors (Lipinski definition) is 5. The van der Waals surface area contributed by atoms with Gasteiger partial charge < -0.3 is 19.8 Å². The van der Waals surface area contributed by atoms with Gasteiger partial charge in [-0.15, -0.1) is 0 Å². The average molecular weight is 401 g/mol. The third kappa shape index (κ3) is 2.98. The predicted octanol–water partition coefficient (Wildman–Crippen LogP) is 3.72. The van der Waals surface area contributed by atoms with Gasteiger partial charge in [0.05, 0.1) is 30.5 Å². The van der Waals surface area contributed by atoms with Gasteiger partial charge in [0.2, 0.25) is 0 Å². The molecule has 1 amide bonds. The van der Waals surface area contributed by atoms with Crippen LogP contribution in [0.3, 0.4) is 0 Å². The van der Waals surface area contributed by atoms with Gasteiger partial charge in [0, 0.05) is 35.5 Å². The second-order valence-corrected chi connectivity index (χ2v) is 7.59. The van der Waals surface area contributed by atoms with Crippen LogP contribution in [0.1, 0.15) is 47.1 Å². The number of nitrogens with zero attached hydrogens (tertiary/aromatic N) is 4. The number of amides is 1. The van der Waals surface area contributed by atoms with Crippen LogP contribution in [-0.2, 0) is 17.9 Å². The second-order valence-electron chi connectivity index (χ2n) is 7.59. The number of carbonyl (C=O) groups excluding carboxylic acids is 1. The van der Waals surface area contributed by atoms with E-state index in [9.17, 15) is 4.79 Å². The molecule has 1 aliphatic rings. The van der Waals surface area contributed by atoms with Gasteiger partial charge in [-0.05, 0) is 49.7 Å². The highest BCUT2D eigenvalue weighted by Gasteiger charge is 2.26. The number of aromatic nitrogens is 3. The molecule has 1 aliphatic heterocycles. The number of ether oxygens (including phenoxy) is 1. The molecule has 4 heterocycles. The minimum atomic E-state index is -0.0848. The van der Waals surface area contributed by atoms with E-state index in [1.54, 1.807) is 4.90 Å². The van der Waals surface area contributed by atoms with Gasteiger partial charge in [-0.25, -0.2) is 9.97 Å². The predicted molar refractivity (Wildman–Crippen MR) is 115 cm³/mol. The molecule has 7 heteroatoms. The van der Waals surface area contributed by atoms with E-state index in [1.807, 2.05) is 67.0 Å². The molecule has 152 valence electrons. The highest BCUT2D eigenvalue weighted by atomic mass is 16.5. The summed E-state index contributed by atoms with van der Waals surface area (Å²) in [5.41, 5.74) is 11.2. The lowest BCUT2D eigenvalue weighted by atomic mass is 10.00. The van der Waals surface area contributed by atoms with Crippen LogP contribution in [0.2, 0.25) is 0 Å². The van der Waals surface area contributed by atoms with Crippen molar-refractivity contribution in [3.05, 3.63) is 71.2 Å². The van der Waals surface area contributed by atoms with Crippen LogP contribution in [0.25, 0.3) is 16.6 Å². The molecule has 2 N–H and O–H groups in total. The number of fused-ring (bicyclic) bond motifs is 4. The Morgan fingerprint density at radius 2 is 2.17 bits per heavy atom. The highest BCUT2D eigenvalue weighted by molar-refractivity contribution is 5.99. The molecule has 3 aromatic heterocycles. The van der Waals surface area contributed by atoms with Crippen molar-refractivity contribution >= 4 is 28.3 Å². The number of nitrogens with two attached hydrogens (primary N) is 1. The van der Waals surface area contributed by atoms with E-state index in [0.29, 0.717) is 31.1 Å². The molecule has 0 bridgehead atoms. The molecular formula is C23H23N5O2. The first kappa shape index (κ1) is 18.6. The van der Waals surface area contributed by atoms with Crippen molar-refractivity contribution < 1.29 is 9.53 Å². The summed E-state index contributed by atoms with van der Waals surface area (Å²) in [4.78, 5) is 24.2. The Labute approximate surface area is 174 Å². The quantitative estimate of drug-likeness (QED) is 0.563. The van der Waals surface area contributed by atoms with Gasteiger partial charge in [0.1, 0.15) is 11.5 Å². The lowest BCUT2D eigenvalue weighted by Crippen LogP contribution is -2.30. The molecule has 30 heavy (non-hydrogen) atoms. The minimum Gasteiger partial charge on any atom is -0.383 e. The normalized spacial score (nSPS) is 15.6. The fraction of sp³-hybridized carbons (Fsp3) is 0.261. The number of pyridine rings is 2. The van der Waals surface area contributed by atoms with Gasteiger partial charge in [-0.3, -0.25) is 4.79 Å². The lowest BCUT2D eigenvalue weighted by molar-refractivity contribution is 0.0750. The number of carbonyl (C=O) groups is 1. The second kappa shape index (κ2) is 7.11. The van der Waals surface area contributed by atoms with E-state index in [4.69, 9.17) is 10.5 Å². The molecule has 7 nitrogen and oxygen atoms in total. The number of benzene rings is 1. The first-order valence-electron chi connectivity index (χ1n) is 10.1. The Kier molecular flexibility index (Phi) is 4.40. The van der Waals surface area contributed by atoms with E-state index in [1.165, 1.54) is 0 Å². The molecule has 0 saturated carbocycles. The highest BCUT2D eigenvalue weighted by Crippen LogP contribution is 2.38. The number of hydrogen-bond donors (Lipinski definition) is 1. The maximum absolute atomic E-state index is 13.3. The third-order valence-electron chi connectivity index (χ3n) is 5.73. The zero-order valence-corrected chi connectivity index (χ0v) is 17.0. The monoisotopic (exact) mass is 401 g/mol. The van der Waals surface area contributed by atoms with Crippen molar-refractivity contribution in [1.82, 2.24) is 19.3 Å². The first-order chi connectivity index (χ1) is 14.5. The van der Waals surface area contributed by atoms with Crippen LogP contribution in [0.15, 0.2) is 48.8 Å². The van der Waals surface area contributed by atoms with Crippen LogP contribution in [0.5, 0.6) is 0 Å². The SMILES string of the molecule is CCN(Cc1cn2ccccc2n1)C(=O)c1ccc2nc(N)c3c(c2c1)COC3C. The molecule has 0 radical (unpaired) electrons. The summed E-state index contributed by atoms with van der Waals surface area (Å²) in [6, 6.07) is 11.5. The van der Waals surface area contributed by atoms with E-state index in [0.717, 1.165) is 33.4 Å². The number of anilines is 1. The van der Waals surface area contributed by atoms with Gasteiger partial charge in [-0.2, -0.15) is 0 Å². The molecule has 0 spiro atoms. The summed E-state index contributed by atoms with van der Waals surface area (Å²) >= 11 is 0. The van der Waals surface area contributed by atoms with Crippen LogP contribution >= 0.6 is 0 Å². The number of rotatable bonds is 4. The number of imidazole rings is 1. The molecule has 1 aromatic carbocycles. The molecule has 0 saturated heterocycles. The van der Waals surface area contributed by atoms with Crippen molar-refractivity contribution in [3.63, 3.8) is 0 Å². The Balaban J connectivity index is 1.49. The van der Waals surface area contributed by atoms with Gasteiger partial charge in [-0.1, -0.05) is 6.07 Å². The fourth-order valence-electron chi connectivity index (χ4n) is 4.17. The molecule has 0 aliphatic carbocycles. The van der Waals surface area contributed by atoms with Crippen LogP contribution in [0, 0.1) is 0 Å². The number of nitrogen functional groups attached to an aromatic ring is 1. The van der Waals surface area contributed by atoms with Crippen molar-refractivity contribution in [2.24, 2.45) is 0 Å². The summed E-state index contributed by atoms with van der Waals surface area (Å²) in [6.07, 6.45) is 3.83. The largest absolute Gasteiger partial charge is 0.383 e. The lowest BCUT2D eigenvalue weighted by Gasteiger charge is -2.20. The average Bonchev–Trinajstić information content (AvgIpc) is 3.35. The van der Waals surface area contributed by atoms with Gasteiger partial charge >= 0.3 is 0 Å².